The van der Waals surface area contributed by atoms with Crippen LogP contribution < -0.4 is 0 Å². The third-order valence-corrected chi connectivity index (χ3v) is 4.06. The van der Waals surface area contributed by atoms with E-state index in [-0.39, 0.29) is 5.78 Å². The molecule has 100 valence electrons. The highest BCUT2D eigenvalue weighted by atomic mass is 35.5. The monoisotopic (exact) mass is 314 g/mol. The van der Waals surface area contributed by atoms with E-state index in [1.165, 1.54) is 11.3 Å². The van der Waals surface area contributed by atoms with Gasteiger partial charge in [0, 0.05) is 5.02 Å². The first-order valence-corrected chi connectivity index (χ1v) is 7.29. The molecule has 1 atom stereocenters. The quantitative estimate of drug-likeness (QED) is 0.738. The van der Waals surface area contributed by atoms with E-state index >= 15 is 0 Å². The van der Waals surface area contributed by atoms with Gasteiger partial charge >= 0.3 is 0 Å². The number of ether oxygens (including phenoxy) is 1. The molecular formula is C14H12Cl2O2S. The van der Waals surface area contributed by atoms with Gasteiger partial charge in [0.1, 0.15) is 6.10 Å². The molecule has 0 N–H and O–H groups in total. The number of halogens is 2. The molecule has 0 radical (unpaired) electrons. The molecule has 0 aliphatic carbocycles. The number of hydrogen-bond acceptors (Lipinski definition) is 3. The summed E-state index contributed by atoms with van der Waals surface area (Å²) < 4.78 is 6.17. The van der Waals surface area contributed by atoms with Crippen LogP contribution in [0, 0.1) is 0 Å². The fraction of sp³-hybridized carbons (Fsp3) is 0.214. The number of benzene rings is 1. The van der Waals surface area contributed by atoms with Crippen LogP contribution in [0.2, 0.25) is 9.36 Å². The van der Waals surface area contributed by atoms with Gasteiger partial charge in [0.2, 0.25) is 5.78 Å². The summed E-state index contributed by atoms with van der Waals surface area (Å²) in [6.45, 7) is 2.09. The molecule has 0 fully saturated rings. The topological polar surface area (TPSA) is 26.3 Å². The highest BCUT2D eigenvalue weighted by Gasteiger charge is 2.17. The second kappa shape index (κ2) is 6.53. The number of Topliss-reactive ketones (excluding diaryl/α,β-unsaturated/α-hetero) is 1. The van der Waals surface area contributed by atoms with Gasteiger partial charge in [0.05, 0.1) is 15.8 Å². The van der Waals surface area contributed by atoms with Crippen molar-refractivity contribution in [2.75, 3.05) is 0 Å². The van der Waals surface area contributed by atoms with Gasteiger partial charge < -0.3 is 4.74 Å². The average Bonchev–Trinajstić information content (AvgIpc) is 2.82. The molecule has 1 heterocycles. The van der Waals surface area contributed by atoms with E-state index in [2.05, 4.69) is 0 Å². The molecule has 0 spiro atoms. The Kier molecular flexibility index (Phi) is 4.99. The van der Waals surface area contributed by atoms with Gasteiger partial charge in [-0.3, -0.25) is 4.79 Å². The van der Waals surface area contributed by atoms with E-state index in [9.17, 15) is 4.79 Å². The lowest BCUT2D eigenvalue weighted by Gasteiger charge is -2.11. The molecule has 0 saturated heterocycles. The van der Waals surface area contributed by atoms with Gasteiger partial charge in [0.15, 0.2) is 0 Å². The first-order valence-electron chi connectivity index (χ1n) is 5.72. The standard InChI is InChI=1S/C14H12Cl2O2S/c1-9(14(17)12-5-6-13(16)19-12)18-8-10-3-2-4-11(15)7-10/h2-7,9H,8H2,1H3. The lowest BCUT2D eigenvalue weighted by Crippen LogP contribution is -2.19. The predicted octanol–water partition coefficient (Wildman–Crippen LogP) is 4.84. The Labute approximate surface area is 125 Å². The molecule has 0 amide bonds. The maximum absolute atomic E-state index is 12.0. The second-order valence-electron chi connectivity index (χ2n) is 4.05. The Bertz CT molecular complexity index is 580. The number of thiophene rings is 1. The van der Waals surface area contributed by atoms with Crippen LogP contribution in [0.5, 0.6) is 0 Å². The molecule has 2 rings (SSSR count). The van der Waals surface area contributed by atoms with Crippen LogP contribution in [0.1, 0.15) is 22.2 Å². The van der Waals surface area contributed by atoms with Crippen LogP contribution in [-0.2, 0) is 11.3 Å². The maximum Gasteiger partial charge on any atom is 0.201 e. The van der Waals surface area contributed by atoms with E-state index in [4.69, 9.17) is 27.9 Å². The third-order valence-electron chi connectivity index (χ3n) is 2.57. The predicted molar refractivity (Wildman–Crippen MR) is 79.4 cm³/mol. The maximum atomic E-state index is 12.0. The molecule has 1 aromatic heterocycles. The summed E-state index contributed by atoms with van der Waals surface area (Å²) >= 11 is 13.0. The normalized spacial score (nSPS) is 12.4. The van der Waals surface area contributed by atoms with E-state index in [0.717, 1.165) is 5.56 Å². The Morgan fingerprint density at radius 1 is 1.32 bits per heavy atom. The summed E-state index contributed by atoms with van der Waals surface area (Å²) in [6, 6.07) is 10.8. The lowest BCUT2D eigenvalue weighted by molar-refractivity contribution is 0.0416. The minimum atomic E-state index is -0.506. The number of hydrogen-bond donors (Lipinski definition) is 0. The highest BCUT2D eigenvalue weighted by Crippen LogP contribution is 2.23. The minimum Gasteiger partial charge on any atom is -0.366 e. The smallest absolute Gasteiger partial charge is 0.201 e. The molecule has 5 heteroatoms. The third kappa shape index (κ3) is 4.05. The molecule has 2 nitrogen and oxygen atoms in total. The summed E-state index contributed by atoms with van der Waals surface area (Å²) in [7, 11) is 0. The zero-order valence-electron chi connectivity index (χ0n) is 10.2. The molecule has 1 aromatic carbocycles. The molecule has 1 unspecified atom stereocenters. The zero-order chi connectivity index (χ0) is 13.8. The summed E-state index contributed by atoms with van der Waals surface area (Å²) in [5.74, 6) is -0.0565. The molecular weight excluding hydrogens is 303 g/mol. The summed E-state index contributed by atoms with van der Waals surface area (Å²) in [5.41, 5.74) is 0.941. The fourth-order valence-electron chi connectivity index (χ4n) is 1.57. The lowest BCUT2D eigenvalue weighted by atomic mass is 10.2. The summed E-state index contributed by atoms with van der Waals surface area (Å²) in [6.07, 6.45) is -0.506. The van der Waals surface area contributed by atoms with Gasteiger partial charge in [-0.1, -0.05) is 35.3 Å². The van der Waals surface area contributed by atoms with Crippen LogP contribution in [0.3, 0.4) is 0 Å². The summed E-state index contributed by atoms with van der Waals surface area (Å²) in [5, 5.41) is 0.658. The molecule has 0 aliphatic heterocycles. The first kappa shape index (κ1) is 14.5. The number of carbonyl (C=O) groups is 1. The fourth-order valence-corrected chi connectivity index (χ4v) is 2.84. The van der Waals surface area contributed by atoms with Crippen molar-refractivity contribution in [1.29, 1.82) is 0 Å². The minimum absolute atomic E-state index is 0.0565. The van der Waals surface area contributed by atoms with Gasteiger partial charge in [0.25, 0.3) is 0 Å². The number of rotatable bonds is 5. The van der Waals surface area contributed by atoms with Crippen molar-refractivity contribution in [3.05, 3.63) is 56.2 Å². The first-order chi connectivity index (χ1) is 9.06. The van der Waals surface area contributed by atoms with Crippen molar-refractivity contribution in [3.63, 3.8) is 0 Å². The van der Waals surface area contributed by atoms with Crippen molar-refractivity contribution in [2.45, 2.75) is 19.6 Å². The van der Waals surface area contributed by atoms with Gasteiger partial charge in [-0.25, -0.2) is 0 Å². The van der Waals surface area contributed by atoms with E-state index in [0.29, 0.717) is 20.8 Å². The van der Waals surface area contributed by atoms with Crippen molar-refractivity contribution in [2.24, 2.45) is 0 Å². The van der Waals surface area contributed by atoms with E-state index < -0.39 is 6.10 Å². The SMILES string of the molecule is CC(OCc1cccc(Cl)c1)C(=O)c1ccc(Cl)s1. The van der Waals surface area contributed by atoms with Gasteiger partial charge in [-0.15, -0.1) is 11.3 Å². The average molecular weight is 315 g/mol. The molecule has 0 saturated carbocycles. The van der Waals surface area contributed by atoms with Gasteiger partial charge in [-0.2, -0.15) is 0 Å². The second-order valence-corrected chi connectivity index (χ2v) is 6.20. The van der Waals surface area contributed by atoms with Crippen LogP contribution in [0.4, 0.5) is 0 Å². The Hall–Kier alpha value is -0.870. The van der Waals surface area contributed by atoms with E-state index in [1.807, 2.05) is 18.2 Å². The zero-order valence-corrected chi connectivity index (χ0v) is 12.6. The largest absolute Gasteiger partial charge is 0.366 e. The molecule has 0 bridgehead atoms. The number of carbonyl (C=O) groups excluding carboxylic acids is 1. The van der Waals surface area contributed by atoms with Crippen molar-refractivity contribution in [3.8, 4) is 0 Å². The molecule has 2 aromatic rings. The van der Waals surface area contributed by atoms with Crippen molar-refractivity contribution >= 4 is 40.3 Å². The van der Waals surface area contributed by atoms with E-state index in [1.54, 1.807) is 25.1 Å². The Morgan fingerprint density at radius 3 is 2.74 bits per heavy atom. The van der Waals surface area contributed by atoms with Crippen molar-refractivity contribution in [1.82, 2.24) is 0 Å². The number of ketones is 1. The van der Waals surface area contributed by atoms with Gasteiger partial charge in [-0.05, 0) is 36.8 Å². The summed E-state index contributed by atoms with van der Waals surface area (Å²) in [4.78, 5) is 12.7. The van der Waals surface area contributed by atoms with Crippen molar-refractivity contribution < 1.29 is 9.53 Å². The van der Waals surface area contributed by atoms with Crippen LogP contribution >= 0.6 is 34.5 Å². The van der Waals surface area contributed by atoms with Crippen LogP contribution in [0.15, 0.2) is 36.4 Å². The Morgan fingerprint density at radius 2 is 2.11 bits per heavy atom. The molecule has 19 heavy (non-hydrogen) atoms. The van der Waals surface area contributed by atoms with Crippen LogP contribution in [0.25, 0.3) is 0 Å². The van der Waals surface area contributed by atoms with Crippen LogP contribution in [-0.4, -0.2) is 11.9 Å². The Balaban J connectivity index is 1.94. The highest BCUT2D eigenvalue weighted by molar-refractivity contribution is 7.18. The molecule has 0 aliphatic rings.